The standard InChI is InChI=1S/C24H27F2N7O2/c1-32-6-8-33(9-7-32)10-11-35-18-2-3-19(20(25)13-18)24-29-14-17(15-30-24)12-23(34)28-16-22-27-5-4-21(26)31-22/h2-5,13-15H,6-12,16H2,1H3,(H,28,34). The van der Waals surface area contributed by atoms with E-state index in [0.29, 0.717) is 17.9 Å². The molecule has 0 saturated carbocycles. The van der Waals surface area contributed by atoms with E-state index in [1.807, 2.05) is 0 Å². The fraction of sp³-hybridized carbons (Fsp3) is 0.375. The highest BCUT2D eigenvalue weighted by atomic mass is 19.1. The number of nitrogens with zero attached hydrogens (tertiary/aromatic N) is 6. The van der Waals surface area contributed by atoms with Crippen LogP contribution in [0.5, 0.6) is 5.75 Å². The van der Waals surface area contributed by atoms with Gasteiger partial charge in [-0.05, 0) is 24.7 Å². The molecule has 0 bridgehead atoms. The van der Waals surface area contributed by atoms with Gasteiger partial charge in [0.15, 0.2) is 11.6 Å². The van der Waals surface area contributed by atoms with Crippen molar-refractivity contribution in [2.24, 2.45) is 0 Å². The Hall–Kier alpha value is -3.57. The van der Waals surface area contributed by atoms with Gasteiger partial charge in [-0.2, -0.15) is 4.39 Å². The van der Waals surface area contributed by atoms with Gasteiger partial charge in [0.1, 0.15) is 18.2 Å². The maximum Gasteiger partial charge on any atom is 0.224 e. The van der Waals surface area contributed by atoms with E-state index in [2.05, 4.69) is 42.1 Å². The Morgan fingerprint density at radius 1 is 1.09 bits per heavy atom. The van der Waals surface area contributed by atoms with E-state index >= 15 is 0 Å². The third-order valence-corrected chi connectivity index (χ3v) is 5.64. The summed E-state index contributed by atoms with van der Waals surface area (Å²) in [6.07, 6.45) is 4.24. The Morgan fingerprint density at radius 3 is 2.57 bits per heavy atom. The van der Waals surface area contributed by atoms with Crippen molar-refractivity contribution in [3.05, 3.63) is 66.0 Å². The second kappa shape index (κ2) is 11.7. The van der Waals surface area contributed by atoms with Crippen LogP contribution in [-0.2, 0) is 17.8 Å². The summed E-state index contributed by atoms with van der Waals surface area (Å²) in [5.74, 6) is -0.626. The molecule has 184 valence electrons. The Bertz CT molecular complexity index is 1140. The topological polar surface area (TPSA) is 96.4 Å². The van der Waals surface area contributed by atoms with Crippen molar-refractivity contribution in [1.82, 2.24) is 35.1 Å². The SMILES string of the molecule is CN1CCN(CCOc2ccc(-c3ncc(CC(=O)NCc4nccc(F)n4)cn3)c(F)c2)CC1. The maximum atomic E-state index is 14.7. The number of halogens is 2. The summed E-state index contributed by atoms with van der Waals surface area (Å²) >= 11 is 0. The minimum absolute atomic E-state index is 0.00450. The first kappa shape index (κ1) is 24.6. The summed E-state index contributed by atoms with van der Waals surface area (Å²) in [5, 5.41) is 2.61. The van der Waals surface area contributed by atoms with E-state index in [0.717, 1.165) is 38.8 Å². The predicted molar refractivity (Wildman–Crippen MR) is 124 cm³/mol. The van der Waals surface area contributed by atoms with Crippen LogP contribution in [-0.4, -0.2) is 82.0 Å². The van der Waals surface area contributed by atoms with Gasteiger partial charge in [-0.15, -0.1) is 0 Å². The van der Waals surface area contributed by atoms with Crippen molar-refractivity contribution in [3.63, 3.8) is 0 Å². The van der Waals surface area contributed by atoms with Gasteiger partial charge in [0.25, 0.3) is 0 Å². The van der Waals surface area contributed by atoms with Gasteiger partial charge in [0.2, 0.25) is 11.9 Å². The molecule has 2 aromatic heterocycles. The van der Waals surface area contributed by atoms with Crippen molar-refractivity contribution in [3.8, 4) is 17.1 Å². The monoisotopic (exact) mass is 483 g/mol. The Kier molecular flexibility index (Phi) is 8.22. The van der Waals surface area contributed by atoms with Gasteiger partial charge >= 0.3 is 0 Å². The lowest BCUT2D eigenvalue weighted by molar-refractivity contribution is -0.120. The molecule has 3 heterocycles. The first-order valence-corrected chi connectivity index (χ1v) is 11.3. The molecule has 1 aliphatic heterocycles. The Balaban J connectivity index is 1.26. The molecule has 0 unspecified atom stereocenters. The van der Waals surface area contributed by atoms with E-state index in [1.165, 1.54) is 24.7 Å². The second-order valence-corrected chi connectivity index (χ2v) is 8.30. The van der Waals surface area contributed by atoms with Crippen molar-refractivity contribution in [2.45, 2.75) is 13.0 Å². The highest BCUT2D eigenvalue weighted by molar-refractivity contribution is 5.78. The van der Waals surface area contributed by atoms with Crippen LogP contribution in [0.15, 0.2) is 42.9 Å². The summed E-state index contributed by atoms with van der Waals surface area (Å²) in [5.41, 5.74) is 0.798. The zero-order valence-electron chi connectivity index (χ0n) is 19.5. The molecule has 0 spiro atoms. The van der Waals surface area contributed by atoms with Gasteiger partial charge < -0.3 is 15.0 Å². The second-order valence-electron chi connectivity index (χ2n) is 8.30. The lowest BCUT2D eigenvalue weighted by atomic mass is 10.1. The molecule has 1 fully saturated rings. The molecular weight excluding hydrogens is 456 g/mol. The van der Waals surface area contributed by atoms with Gasteiger partial charge in [0, 0.05) is 63.4 Å². The Labute approximate surface area is 202 Å². The van der Waals surface area contributed by atoms with E-state index in [9.17, 15) is 13.6 Å². The third-order valence-electron chi connectivity index (χ3n) is 5.64. The number of rotatable bonds is 9. The minimum Gasteiger partial charge on any atom is -0.492 e. The van der Waals surface area contributed by atoms with E-state index in [-0.39, 0.29) is 36.1 Å². The quantitative estimate of drug-likeness (QED) is 0.460. The number of hydrogen-bond acceptors (Lipinski definition) is 8. The van der Waals surface area contributed by atoms with Crippen LogP contribution in [0.25, 0.3) is 11.4 Å². The van der Waals surface area contributed by atoms with Crippen LogP contribution in [0.1, 0.15) is 11.4 Å². The largest absolute Gasteiger partial charge is 0.492 e. The van der Waals surface area contributed by atoms with E-state index in [1.54, 1.807) is 12.1 Å². The first-order valence-electron chi connectivity index (χ1n) is 11.3. The number of aromatic nitrogens is 4. The molecule has 1 aromatic carbocycles. The summed E-state index contributed by atoms with van der Waals surface area (Å²) in [6.45, 7) is 5.37. The third kappa shape index (κ3) is 7.20. The molecule has 4 rings (SSSR count). The lowest BCUT2D eigenvalue weighted by Gasteiger charge is -2.32. The normalized spacial score (nSPS) is 14.6. The summed E-state index contributed by atoms with van der Waals surface area (Å²) in [4.78, 5) is 32.6. The average molecular weight is 484 g/mol. The molecule has 1 amide bonds. The van der Waals surface area contributed by atoms with Crippen molar-refractivity contribution in [2.75, 3.05) is 46.4 Å². The number of piperazine rings is 1. The molecule has 1 N–H and O–H groups in total. The lowest BCUT2D eigenvalue weighted by Crippen LogP contribution is -2.45. The smallest absolute Gasteiger partial charge is 0.224 e. The van der Waals surface area contributed by atoms with Crippen LogP contribution in [0.2, 0.25) is 0 Å². The van der Waals surface area contributed by atoms with Crippen LogP contribution in [0.4, 0.5) is 8.78 Å². The average Bonchev–Trinajstić information content (AvgIpc) is 2.85. The van der Waals surface area contributed by atoms with E-state index in [4.69, 9.17) is 4.74 Å². The number of ether oxygens (including phenoxy) is 1. The molecular formula is C24H27F2N7O2. The van der Waals surface area contributed by atoms with Gasteiger partial charge in [0.05, 0.1) is 18.5 Å². The minimum atomic E-state index is -0.661. The number of carbonyl (C=O) groups is 1. The first-order chi connectivity index (χ1) is 17.0. The number of nitrogens with one attached hydrogen (secondary N) is 1. The molecule has 1 aliphatic rings. The van der Waals surface area contributed by atoms with E-state index < -0.39 is 11.8 Å². The van der Waals surface area contributed by atoms with Crippen LogP contribution in [0, 0.1) is 11.8 Å². The molecule has 35 heavy (non-hydrogen) atoms. The molecule has 9 nitrogen and oxygen atoms in total. The number of likely N-dealkylation sites (N-methyl/N-ethyl adjacent to an activating group) is 1. The maximum absolute atomic E-state index is 14.7. The van der Waals surface area contributed by atoms with Gasteiger partial charge in [-0.3, -0.25) is 9.69 Å². The fourth-order valence-electron chi connectivity index (χ4n) is 3.60. The fourth-order valence-corrected chi connectivity index (χ4v) is 3.60. The van der Waals surface area contributed by atoms with Gasteiger partial charge in [-0.1, -0.05) is 0 Å². The molecule has 11 heteroatoms. The van der Waals surface area contributed by atoms with Gasteiger partial charge in [-0.25, -0.2) is 24.3 Å². The molecule has 0 atom stereocenters. The zero-order valence-corrected chi connectivity index (χ0v) is 19.5. The molecule has 3 aromatic rings. The highest BCUT2D eigenvalue weighted by Crippen LogP contribution is 2.23. The number of benzene rings is 1. The zero-order chi connectivity index (χ0) is 24.6. The predicted octanol–water partition coefficient (Wildman–Crippen LogP) is 1.70. The van der Waals surface area contributed by atoms with Crippen molar-refractivity contribution in [1.29, 1.82) is 0 Å². The van der Waals surface area contributed by atoms with Crippen LogP contribution in [0.3, 0.4) is 0 Å². The highest BCUT2D eigenvalue weighted by Gasteiger charge is 2.14. The molecule has 1 saturated heterocycles. The van der Waals surface area contributed by atoms with Crippen molar-refractivity contribution < 1.29 is 18.3 Å². The molecule has 0 radical (unpaired) electrons. The van der Waals surface area contributed by atoms with Crippen molar-refractivity contribution >= 4 is 5.91 Å². The summed E-state index contributed by atoms with van der Waals surface area (Å²) < 4.78 is 33.5. The number of hydrogen-bond donors (Lipinski definition) is 1. The molecule has 0 aliphatic carbocycles. The van der Waals surface area contributed by atoms with Crippen LogP contribution < -0.4 is 10.1 Å². The number of amides is 1. The Morgan fingerprint density at radius 2 is 1.86 bits per heavy atom. The summed E-state index contributed by atoms with van der Waals surface area (Å²) in [6, 6.07) is 5.74. The van der Waals surface area contributed by atoms with Crippen LogP contribution >= 0.6 is 0 Å². The summed E-state index contributed by atoms with van der Waals surface area (Å²) in [7, 11) is 2.11. The number of carbonyl (C=O) groups excluding carboxylic acids is 1.